The maximum Gasteiger partial charge on any atom is 0.325 e. The fourth-order valence-corrected chi connectivity index (χ4v) is 2.11. The standard InChI is InChI=1S/C11H17N5O3/c17-10(18)7-16-6-9(14-15-16)5-12-11(19)13-8-3-1-2-4-8/h6,8H,1-5,7H2,(H,17,18)(H2,12,13,19). The Kier molecular flexibility index (Phi) is 4.32. The second-order valence-electron chi connectivity index (χ2n) is 4.61. The summed E-state index contributed by atoms with van der Waals surface area (Å²) in [7, 11) is 0. The molecule has 8 nitrogen and oxygen atoms in total. The van der Waals surface area contributed by atoms with E-state index in [1.807, 2.05) is 0 Å². The third-order valence-electron chi connectivity index (χ3n) is 3.00. The first kappa shape index (κ1) is 13.3. The molecule has 2 rings (SSSR count). The second kappa shape index (κ2) is 6.17. The Balaban J connectivity index is 1.73. The third-order valence-corrected chi connectivity index (χ3v) is 3.00. The van der Waals surface area contributed by atoms with Gasteiger partial charge in [-0.1, -0.05) is 18.1 Å². The number of hydrogen-bond acceptors (Lipinski definition) is 4. The van der Waals surface area contributed by atoms with E-state index in [1.54, 1.807) is 0 Å². The number of carboxylic acids is 1. The van der Waals surface area contributed by atoms with E-state index >= 15 is 0 Å². The highest BCUT2D eigenvalue weighted by Gasteiger charge is 2.16. The molecule has 0 bridgehead atoms. The number of carbonyl (C=O) groups excluding carboxylic acids is 1. The lowest BCUT2D eigenvalue weighted by molar-refractivity contribution is -0.137. The van der Waals surface area contributed by atoms with E-state index in [0.29, 0.717) is 5.69 Å². The molecule has 1 aromatic rings. The molecule has 0 unspecified atom stereocenters. The number of aromatic nitrogens is 3. The molecule has 8 heteroatoms. The molecule has 1 aliphatic rings. The summed E-state index contributed by atoms with van der Waals surface area (Å²) in [4.78, 5) is 22.1. The summed E-state index contributed by atoms with van der Waals surface area (Å²) in [6.07, 6.45) is 5.89. The number of aliphatic carboxylic acids is 1. The largest absolute Gasteiger partial charge is 0.480 e. The van der Waals surface area contributed by atoms with E-state index < -0.39 is 5.97 Å². The number of carbonyl (C=O) groups is 2. The van der Waals surface area contributed by atoms with Gasteiger partial charge in [-0.05, 0) is 12.8 Å². The van der Waals surface area contributed by atoms with Gasteiger partial charge in [0, 0.05) is 6.04 Å². The van der Waals surface area contributed by atoms with Crippen LogP contribution in [0.25, 0.3) is 0 Å². The van der Waals surface area contributed by atoms with Crippen molar-refractivity contribution >= 4 is 12.0 Å². The first-order valence-corrected chi connectivity index (χ1v) is 6.28. The molecule has 3 N–H and O–H groups in total. The number of nitrogens with one attached hydrogen (secondary N) is 2. The van der Waals surface area contributed by atoms with Crippen molar-refractivity contribution < 1.29 is 14.7 Å². The van der Waals surface area contributed by atoms with Crippen molar-refractivity contribution in [3.8, 4) is 0 Å². The van der Waals surface area contributed by atoms with Crippen molar-refractivity contribution in [2.24, 2.45) is 0 Å². The Labute approximate surface area is 110 Å². The van der Waals surface area contributed by atoms with Gasteiger partial charge in [-0.2, -0.15) is 0 Å². The van der Waals surface area contributed by atoms with E-state index in [-0.39, 0.29) is 25.2 Å². The molecular formula is C11H17N5O3. The molecule has 0 atom stereocenters. The van der Waals surface area contributed by atoms with Gasteiger partial charge in [0.05, 0.1) is 12.7 Å². The molecule has 0 radical (unpaired) electrons. The minimum Gasteiger partial charge on any atom is -0.480 e. The van der Waals surface area contributed by atoms with Crippen LogP contribution in [0.5, 0.6) is 0 Å². The Hall–Kier alpha value is -2.12. The van der Waals surface area contributed by atoms with Crippen LogP contribution in [0.4, 0.5) is 4.79 Å². The predicted octanol–water partition coefficient (Wildman–Crippen LogP) is 0.104. The van der Waals surface area contributed by atoms with Gasteiger partial charge in [0.1, 0.15) is 12.2 Å². The van der Waals surface area contributed by atoms with Crippen molar-refractivity contribution in [2.75, 3.05) is 0 Å². The zero-order chi connectivity index (χ0) is 13.7. The van der Waals surface area contributed by atoms with Crippen LogP contribution in [0.1, 0.15) is 31.4 Å². The zero-order valence-electron chi connectivity index (χ0n) is 10.5. The Morgan fingerprint density at radius 1 is 1.42 bits per heavy atom. The lowest BCUT2D eigenvalue weighted by Crippen LogP contribution is -2.40. The molecule has 0 spiro atoms. The molecule has 19 heavy (non-hydrogen) atoms. The zero-order valence-corrected chi connectivity index (χ0v) is 10.5. The fourth-order valence-electron chi connectivity index (χ4n) is 2.11. The van der Waals surface area contributed by atoms with Gasteiger partial charge in [-0.3, -0.25) is 4.79 Å². The van der Waals surface area contributed by atoms with Crippen LogP contribution < -0.4 is 10.6 Å². The van der Waals surface area contributed by atoms with Gasteiger partial charge < -0.3 is 15.7 Å². The lowest BCUT2D eigenvalue weighted by Gasteiger charge is -2.11. The fraction of sp³-hybridized carbons (Fsp3) is 0.636. The Morgan fingerprint density at radius 3 is 2.84 bits per heavy atom. The van der Waals surface area contributed by atoms with E-state index in [4.69, 9.17) is 5.11 Å². The quantitative estimate of drug-likeness (QED) is 0.701. The average molecular weight is 267 g/mol. The molecule has 2 amide bonds. The maximum absolute atomic E-state index is 11.6. The van der Waals surface area contributed by atoms with Crippen molar-refractivity contribution in [2.45, 2.75) is 44.8 Å². The number of nitrogens with zero attached hydrogens (tertiary/aromatic N) is 3. The van der Waals surface area contributed by atoms with E-state index in [0.717, 1.165) is 25.7 Å². The smallest absolute Gasteiger partial charge is 0.325 e. The van der Waals surface area contributed by atoms with Crippen LogP contribution >= 0.6 is 0 Å². The first-order chi connectivity index (χ1) is 9.13. The van der Waals surface area contributed by atoms with Crippen LogP contribution in [-0.4, -0.2) is 38.1 Å². The topological polar surface area (TPSA) is 109 Å². The lowest BCUT2D eigenvalue weighted by atomic mass is 10.2. The second-order valence-corrected chi connectivity index (χ2v) is 4.61. The average Bonchev–Trinajstić information content (AvgIpc) is 2.97. The SMILES string of the molecule is O=C(O)Cn1cc(CNC(=O)NC2CCCC2)nn1. The predicted molar refractivity (Wildman–Crippen MR) is 65.3 cm³/mol. The highest BCUT2D eigenvalue weighted by atomic mass is 16.4. The third kappa shape index (κ3) is 4.23. The van der Waals surface area contributed by atoms with Gasteiger partial charge in [0.15, 0.2) is 0 Å². The summed E-state index contributed by atoms with van der Waals surface area (Å²) in [5, 5.41) is 21.6. The highest BCUT2D eigenvalue weighted by molar-refractivity contribution is 5.74. The highest BCUT2D eigenvalue weighted by Crippen LogP contribution is 2.17. The molecule has 104 valence electrons. The summed E-state index contributed by atoms with van der Waals surface area (Å²) in [6, 6.07) is 0.0439. The van der Waals surface area contributed by atoms with E-state index in [2.05, 4.69) is 20.9 Å². The Morgan fingerprint density at radius 2 is 2.16 bits per heavy atom. The molecule has 1 saturated carbocycles. The Bertz CT molecular complexity index is 453. The van der Waals surface area contributed by atoms with Gasteiger partial charge >= 0.3 is 12.0 Å². The van der Waals surface area contributed by atoms with Crippen LogP contribution in [0, 0.1) is 0 Å². The molecule has 0 aliphatic heterocycles. The number of hydrogen-bond donors (Lipinski definition) is 3. The van der Waals surface area contributed by atoms with Crippen LogP contribution in [0.15, 0.2) is 6.20 Å². The molecular weight excluding hydrogens is 250 g/mol. The summed E-state index contributed by atoms with van der Waals surface area (Å²) in [5.41, 5.74) is 0.530. The number of carboxylic acid groups (broad SMARTS) is 1. The monoisotopic (exact) mass is 267 g/mol. The van der Waals surface area contributed by atoms with Crippen LogP contribution in [0.3, 0.4) is 0 Å². The van der Waals surface area contributed by atoms with E-state index in [9.17, 15) is 9.59 Å². The molecule has 1 aromatic heterocycles. The summed E-state index contributed by atoms with van der Waals surface area (Å²) in [6.45, 7) is -0.000553. The van der Waals surface area contributed by atoms with Crippen LogP contribution in [0.2, 0.25) is 0 Å². The van der Waals surface area contributed by atoms with Crippen molar-refractivity contribution in [1.29, 1.82) is 0 Å². The van der Waals surface area contributed by atoms with Gasteiger partial charge in [0.2, 0.25) is 0 Å². The minimum atomic E-state index is -0.983. The van der Waals surface area contributed by atoms with Crippen molar-refractivity contribution in [3.05, 3.63) is 11.9 Å². The molecule has 0 saturated heterocycles. The molecule has 1 fully saturated rings. The van der Waals surface area contributed by atoms with Gasteiger partial charge in [-0.15, -0.1) is 5.10 Å². The normalized spacial score (nSPS) is 15.4. The van der Waals surface area contributed by atoms with Crippen LogP contribution in [-0.2, 0) is 17.9 Å². The maximum atomic E-state index is 11.6. The summed E-state index contributed by atoms with van der Waals surface area (Å²) < 4.78 is 1.22. The number of amides is 2. The molecule has 0 aromatic carbocycles. The minimum absolute atomic E-state index is 0.223. The summed E-state index contributed by atoms with van der Waals surface area (Å²) in [5.74, 6) is -0.983. The first-order valence-electron chi connectivity index (χ1n) is 6.28. The number of urea groups is 1. The molecule has 1 aliphatic carbocycles. The number of rotatable bonds is 5. The van der Waals surface area contributed by atoms with Gasteiger partial charge in [0.25, 0.3) is 0 Å². The van der Waals surface area contributed by atoms with Crippen molar-refractivity contribution in [1.82, 2.24) is 25.6 Å². The molecule has 1 heterocycles. The van der Waals surface area contributed by atoms with E-state index in [1.165, 1.54) is 10.9 Å². The van der Waals surface area contributed by atoms with Crippen molar-refractivity contribution in [3.63, 3.8) is 0 Å². The summed E-state index contributed by atoms with van der Waals surface area (Å²) >= 11 is 0. The van der Waals surface area contributed by atoms with Gasteiger partial charge in [-0.25, -0.2) is 9.48 Å².